The molecule has 3 rings (SSSR count). The molecule has 1 N–H and O–H groups in total. The second-order valence-electron chi connectivity index (χ2n) is 6.34. The van der Waals surface area contributed by atoms with Gasteiger partial charge in [-0.3, -0.25) is 0 Å². The van der Waals surface area contributed by atoms with Crippen molar-refractivity contribution in [2.75, 3.05) is 0 Å². The first kappa shape index (κ1) is 16.3. The number of hydrogen-bond acceptors (Lipinski definition) is 1. The maximum absolute atomic E-state index is 10.8. The van der Waals surface area contributed by atoms with Crippen molar-refractivity contribution in [1.82, 2.24) is 0 Å². The van der Waals surface area contributed by atoms with Crippen LogP contribution in [0.15, 0.2) is 72.8 Å². The Hall–Kier alpha value is -2.54. The van der Waals surface area contributed by atoms with Crippen LogP contribution >= 0.6 is 0 Å². The summed E-state index contributed by atoms with van der Waals surface area (Å²) in [6.07, 6.45) is 3.70. The molecule has 1 heteroatoms. The minimum absolute atomic E-state index is 0.447. The number of aromatic hydroxyl groups is 1. The van der Waals surface area contributed by atoms with Crippen LogP contribution in [0.1, 0.15) is 41.2 Å². The maximum atomic E-state index is 10.8. The average Bonchev–Trinajstić information content (AvgIpc) is 2.61. The number of phenolic OH excluding ortho intramolecular Hbond substituents is 1. The third kappa shape index (κ3) is 4.05. The van der Waals surface area contributed by atoms with Crippen molar-refractivity contribution in [2.24, 2.45) is 0 Å². The minimum Gasteiger partial charge on any atom is -0.507 e. The third-order valence-electron chi connectivity index (χ3n) is 4.34. The Morgan fingerprint density at radius 1 is 0.667 bits per heavy atom. The van der Waals surface area contributed by atoms with E-state index in [0.29, 0.717) is 5.75 Å². The largest absolute Gasteiger partial charge is 0.507 e. The molecular weight excluding hydrogens is 292 g/mol. The molecule has 3 aromatic rings. The van der Waals surface area contributed by atoms with Crippen molar-refractivity contribution in [2.45, 2.75) is 32.6 Å². The van der Waals surface area contributed by atoms with Gasteiger partial charge in [-0.15, -0.1) is 0 Å². The molecule has 0 saturated carbocycles. The zero-order valence-electron chi connectivity index (χ0n) is 14.2. The highest BCUT2D eigenvalue weighted by Gasteiger charge is 2.11. The molecule has 0 bridgehead atoms. The SMILES string of the molecule is CCCc1cc(Cc2ccccc2)c(O)c(Cc2ccccc2)c1. The lowest BCUT2D eigenvalue weighted by atomic mass is 9.94. The normalized spacial score (nSPS) is 10.7. The third-order valence-corrected chi connectivity index (χ3v) is 4.34. The fraction of sp³-hybridized carbons (Fsp3) is 0.217. The zero-order valence-corrected chi connectivity index (χ0v) is 14.2. The lowest BCUT2D eigenvalue weighted by Gasteiger charge is -2.14. The lowest BCUT2D eigenvalue weighted by molar-refractivity contribution is 0.463. The summed E-state index contributed by atoms with van der Waals surface area (Å²) in [4.78, 5) is 0. The van der Waals surface area contributed by atoms with Gasteiger partial charge in [-0.05, 0) is 34.2 Å². The number of benzene rings is 3. The highest BCUT2D eigenvalue weighted by molar-refractivity contribution is 5.48. The molecule has 0 amide bonds. The highest BCUT2D eigenvalue weighted by Crippen LogP contribution is 2.29. The summed E-state index contributed by atoms with van der Waals surface area (Å²) in [5, 5.41) is 10.8. The summed E-state index contributed by atoms with van der Waals surface area (Å²) in [5.41, 5.74) is 5.82. The zero-order chi connectivity index (χ0) is 16.8. The van der Waals surface area contributed by atoms with Gasteiger partial charge in [0.1, 0.15) is 5.75 Å². The van der Waals surface area contributed by atoms with Gasteiger partial charge in [-0.1, -0.05) is 86.1 Å². The lowest BCUT2D eigenvalue weighted by Crippen LogP contribution is -1.98. The second-order valence-corrected chi connectivity index (χ2v) is 6.34. The van der Waals surface area contributed by atoms with Crippen LogP contribution in [0.25, 0.3) is 0 Å². The van der Waals surface area contributed by atoms with Gasteiger partial charge in [0.15, 0.2) is 0 Å². The van der Waals surface area contributed by atoms with E-state index >= 15 is 0 Å². The Kier molecular flexibility index (Phi) is 5.32. The first-order valence-corrected chi connectivity index (χ1v) is 8.67. The fourth-order valence-corrected chi connectivity index (χ4v) is 3.17. The predicted molar refractivity (Wildman–Crippen MR) is 101 cm³/mol. The van der Waals surface area contributed by atoms with Crippen molar-refractivity contribution in [3.63, 3.8) is 0 Å². The maximum Gasteiger partial charge on any atom is 0.122 e. The molecule has 1 nitrogen and oxygen atoms in total. The number of rotatable bonds is 6. The van der Waals surface area contributed by atoms with E-state index in [1.165, 1.54) is 16.7 Å². The van der Waals surface area contributed by atoms with Crippen LogP contribution in [0, 0.1) is 0 Å². The first-order valence-electron chi connectivity index (χ1n) is 8.67. The minimum atomic E-state index is 0.447. The Balaban J connectivity index is 1.95. The molecule has 3 aromatic carbocycles. The van der Waals surface area contributed by atoms with Crippen LogP contribution in [0.4, 0.5) is 0 Å². The highest BCUT2D eigenvalue weighted by atomic mass is 16.3. The van der Waals surface area contributed by atoms with E-state index in [-0.39, 0.29) is 0 Å². The van der Waals surface area contributed by atoms with Crippen molar-refractivity contribution in [1.29, 1.82) is 0 Å². The summed E-state index contributed by atoms with van der Waals surface area (Å²) >= 11 is 0. The van der Waals surface area contributed by atoms with E-state index in [1.54, 1.807) is 0 Å². The fourth-order valence-electron chi connectivity index (χ4n) is 3.17. The van der Waals surface area contributed by atoms with Gasteiger partial charge >= 0.3 is 0 Å². The van der Waals surface area contributed by atoms with Gasteiger partial charge in [0, 0.05) is 12.8 Å². The standard InChI is InChI=1S/C23H24O/c1-2-9-20-16-21(14-18-10-5-3-6-11-18)23(24)22(17-20)15-19-12-7-4-8-13-19/h3-8,10-13,16-17,24H,2,9,14-15H2,1H3. The molecule has 0 spiro atoms. The topological polar surface area (TPSA) is 20.2 Å². The molecule has 0 atom stereocenters. The molecule has 0 unspecified atom stereocenters. The van der Waals surface area contributed by atoms with Crippen molar-refractivity contribution < 1.29 is 5.11 Å². The molecule has 0 aliphatic rings. The Bertz CT molecular complexity index is 713. The predicted octanol–water partition coefficient (Wildman–Crippen LogP) is 5.53. The van der Waals surface area contributed by atoms with Gasteiger partial charge in [0.2, 0.25) is 0 Å². The Morgan fingerprint density at radius 3 is 1.54 bits per heavy atom. The van der Waals surface area contributed by atoms with Crippen LogP contribution in [-0.4, -0.2) is 5.11 Å². The summed E-state index contributed by atoms with van der Waals surface area (Å²) < 4.78 is 0. The van der Waals surface area contributed by atoms with Gasteiger partial charge in [0.05, 0.1) is 0 Å². The van der Waals surface area contributed by atoms with E-state index in [0.717, 1.165) is 36.8 Å². The van der Waals surface area contributed by atoms with Gasteiger partial charge in [0.25, 0.3) is 0 Å². The van der Waals surface area contributed by atoms with E-state index in [1.807, 2.05) is 36.4 Å². The van der Waals surface area contributed by atoms with Crippen LogP contribution < -0.4 is 0 Å². The number of hydrogen-bond donors (Lipinski definition) is 1. The molecule has 122 valence electrons. The summed E-state index contributed by atoms with van der Waals surface area (Å²) in [6.45, 7) is 2.20. The van der Waals surface area contributed by atoms with Crippen LogP contribution in [0.2, 0.25) is 0 Å². The average molecular weight is 316 g/mol. The first-order chi connectivity index (χ1) is 11.8. The van der Waals surface area contributed by atoms with Gasteiger partial charge < -0.3 is 5.11 Å². The van der Waals surface area contributed by atoms with Crippen molar-refractivity contribution in [3.8, 4) is 5.75 Å². The van der Waals surface area contributed by atoms with E-state index in [2.05, 4.69) is 43.3 Å². The van der Waals surface area contributed by atoms with Crippen molar-refractivity contribution in [3.05, 3.63) is 101 Å². The molecule has 0 saturated heterocycles. The molecule has 0 aliphatic carbocycles. The van der Waals surface area contributed by atoms with E-state index in [4.69, 9.17) is 0 Å². The molecule has 0 radical (unpaired) electrons. The van der Waals surface area contributed by atoms with Gasteiger partial charge in [-0.25, -0.2) is 0 Å². The monoisotopic (exact) mass is 316 g/mol. The Morgan fingerprint density at radius 2 is 1.12 bits per heavy atom. The van der Waals surface area contributed by atoms with Crippen LogP contribution in [0.5, 0.6) is 5.75 Å². The molecule has 0 aliphatic heterocycles. The van der Waals surface area contributed by atoms with E-state index < -0.39 is 0 Å². The molecule has 24 heavy (non-hydrogen) atoms. The van der Waals surface area contributed by atoms with Crippen LogP contribution in [0.3, 0.4) is 0 Å². The van der Waals surface area contributed by atoms with Crippen LogP contribution in [-0.2, 0) is 19.3 Å². The van der Waals surface area contributed by atoms with E-state index in [9.17, 15) is 5.11 Å². The quantitative estimate of drug-likeness (QED) is 0.634. The van der Waals surface area contributed by atoms with Crippen molar-refractivity contribution >= 4 is 0 Å². The molecule has 0 aromatic heterocycles. The molecule has 0 fully saturated rings. The molecule has 0 heterocycles. The Labute approximate surface area is 144 Å². The summed E-state index contributed by atoms with van der Waals surface area (Å²) in [6, 6.07) is 25.0. The number of aryl methyl sites for hydroxylation is 1. The molecular formula is C23H24O. The summed E-state index contributed by atoms with van der Waals surface area (Å²) in [5.74, 6) is 0.447. The summed E-state index contributed by atoms with van der Waals surface area (Å²) in [7, 11) is 0. The smallest absolute Gasteiger partial charge is 0.122 e. The van der Waals surface area contributed by atoms with Gasteiger partial charge in [-0.2, -0.15) is 0 Å². The number of phenols is 1. The second kappa shape index (κ2) is 7.83.